The topological polar surface area (TPSA) is 68.2 Å². The molecule has 2 rings (SSSR count). The molecule has 0 bridgehead atoms. The van der Waals surface area contributed by atoms with Crippen LogP contribution < -0.4 is 9.47 Å². The van der Waals surface area contributed by atoms with Crippen LogP contribution in [0.5, 0.6) is 11.5 Å². The van der Waals surface area contributed by atoms with Gasteiger partial charge in [0, 0.05) is 17.7 Å². The molecule has 5 heteroatoms. The lowest BCUT2D eigenvalue weighted by molar-refractivity contribution is -0.0749. The highest BCUT2D eigenvalue weighted by atomic mass is 16.5. The molecule has 1 aliphatic rings. The van der Waals surface area contributed by atoms with Crippen LogP contribution in [0.1, 0.15) is 61.3 Å². The molecule has 0 spiro atoms. The molecule has 164 valence electrons. The largest absolute Gasteiger partial charge is 0.496 e. The summed E-state index contributed by atoms with van der Waals surface area (Å²) in [6.07, 6.45) is 8.62. The molecule has 0 heterocycles. The Bertz CT molecular complexity index is 702. The van der Waals surface area contributed by atoms with E-state index in [0.717, 1.165) is 33.8 Å². The van der Waals surface area contributed by atoms with E-state index in [9.17, 15) is 10.2 Å². The lowest BCUT2D eigenvalue weighted by atomic mass is 9.90. The number of hydrogen-bond acceptors (Lipinski definition) is 5. The van der Waals surface area contributed by atoms with E-state index >= 15 is 0 Å². The monoisotopic (exact) mass is 406 g/mol. The number of rotatable bonds is 9. The summed E-state index contributed by atoms with van der Waals surface area (Å²) in [6, 6.07) is 0. The second-order valence-electron chi connectivity index (χ2n) is 8.47. The molecular formula is C24H38O5. The highest BCUT2D eigenvalue weighted by Gasteiger charge is 2.28. The van der Waals surface area contributed by atoms with Gasteiger partial charge >= 0.3 is 0 Å². The zero-order valence-corrected chi connectivity index (χ0v) is 18.9. The third-order valence-electron chi connectivity index (χ3n) is 6.26. The van der Waals surface area contributed by atoms with Crippen molar-refractivity contribution in [2.75, 3.05) is 27.4 Å². The summed E-state index contributed by atoms with van der Waals surface area (Å²) in [5.74, 6) is 2.13. The van der Waals surface area contributed by atoms with Crippen LogP contribution in [0, 0.1) is 26.7 Å². The highest BCUT2D eigenvalue weighted by molar-refractivity contribution is 5.69. The van der Waals surface area contributed by atoms with Gasteiger partial charge < -0.3 is 24.4 Å². The predicted octanol–water partition coefficient (Wildman–Crippen LogP) is 4.35. The van der Waals surface area contributed by atoms with Gasteiger partial charge in [0.25, 0.3) is 0 Å². The Morgan fingerprint density at radius 2 is 1.59 bits per heavy atom. The lowest BCUT2D eigenvalue weighted by Crippen LogP contribution is -2.40. The molecule has 0 amide bonds. The van der Waals surface area contributed by atoms with Crippen LogP contribution in [-0.2, 0) is 4.74 Å². The third kappa shape index (κ3) is 5.74. The van der Waals surface area contributed by atoms with E-state index in [4.69, 9.17) is 14.2 Å². The number of methoxy groups -OCH3 is 2. The van der Waals surface area contributed by atoms with Gasteiger partial charge in [-0.25, -0.2) is 0 Å². The lowest BCUT2D eigenvalue weighted by Gasteiger charge is -2.27. The molecule has 29 heavy (non-hydrogen) atoms. The standard InChI is InChI=1S/C24H38O5/c1-16-17(2)23(28-6)20(18(3)22(16)27-5)12-13-24(4,26)21(25)15-29-14-19-10-8-7-9-11-19/h12-13,19,21,25-26H,7-11,14-15H2,1-6H3/b13-12-/t21-,24+/m1/s1. The van der Waals surface area contributed by atoms with Crippen LogP contribution in [-0.4, -0.2) is 49.4 Å². The zero-order chi connectivity index (χ0) is 21.6. The fourth-order valence-electron chi connectivity index (χ4n) is 4.12. The van der Waals surface area contributed by atoms with E-state index in [1.165, 1.54) is 32.1 Å². The average Bonchev–Trinajstić information content (AvgIpc) is 2.70. The van der Waals surface area contributed by atoms with E-state index in [-0.39, 0.29) is 6.61 Å². The summed E-state index contributed by atoms with van der Waals surface area (Å²) in [5, 5.41) is 21.3. The van der Waals surface area contributed by atoms with Gasteiger partial charge in [-0.05, 0) is 63.7 Å². The maximum atomic E-state index is 10.8. The van der Waals surface area contributed by atoms with Crippen molar-refractivity contribution >= 4 is 6.08 Å². The molecule has 1 saturated carbocycles. The summed E-state index contributed by atoms with van der Waals surface area (Å²) in [7, 11) is 3.29. The summed E-state index contributed by atoms with van der Waals surface area (Å²) in [6.45, 7) is 8.31. The third-order valence-corrected chi connectivity index (χ3v) is 6.26. The fourth-order valence-corrected chi connectivity index (χ4v) is 4.12. The maximum Gasteiger partial charge on any atom is 0.129 e. The molecule has 1 aromatic rings. The van der Waals surface area contributed by atoms with Gasteiger partial charge in [0.15, 0.2) is 0 Å². The first-order valence-corrected chi connectivity index (χ1v) is 10.6. The molecule has 0 radical (unpaired) electrons. The van der Waals surface area contributed by atoms with E-state index in [2.05, 4.69) is 0 Å². The Balaban J connectivity index is 2.11. The number of benzene rings is 1. The highest BCUT2D eigenvalue weighted by Crippen LogP contribution is 2.38. The normalized spacial score (nSPS) is 18.6. The Morgan fingerprint density at radius 3 is 2.17 bits per heavy atom. The van der Waals surface area contributed by atoms with Crippen LogP contribution in [0.4, 0.5) is 0 Å². The van der Waals surface area contributed by atoms with Crippen molar-refractivity contribution in [3.05, 3.63) is 28.3 Å². The van der Waals surface area contributed by atoms with Crippen LogP contribution in [0.3, 0.4) is 0 Å². The van der Waals surface area contributed by atoms with Crippen molar-refractivity contribution in [1.82, 2.24) is 0 Å². The van der Waals surface area contributed by atoms with Crippen molar-refractivity contribution in [3.8, 4) is 11.5 Å². The van der Waals surface area contributed by atoms with Gasteiger partial charge in [0.1, 0.15) is 23.2 Å². The molecule has 2 atom stereocenters. The van der Waals surface area contributed by atoms with Crippen LogP contribution in [0.15, 0.2) is 6.08 Å². The Labute approximate surface area is 175 Å². The number of aliphatic hydroxyl groups excluding tert-OH is 1. The second kappa shape index (κ2) is 10.5. The van der Waals surface area contributed by atoms with Gasteiger partial charge in [0.05, 0.1) is 20.8 Å². The summed E-state index contributed by atoms with van der Waals surface area (Å²) in [5.41, 5.74) is 2.37. The van der Waals surface area contributed by atoms with Gasteiger partial charge in [-0.3, -0.25) is 0 Å². The van der Waals surface area contributed by atoms with Crippen molar-refractivity contribution in [1.29, 1.82) is 0 Å². The van der Waals surface area contributed by atoms with E-state index in [0.29, 0.717) is 12.5 Å². The minimum absolute atomic E-state index is 0.111. The molecule has 2 N–H and O–H groups in total. The van der Waals surface area contributed by atoms with Gasteiger partial charge in [-0.1, -0.05) is 25.3 Å². The first-order valence-electron chi connectivity index (χ1n) is 10.6. The average molecular weight is 407 g/mol. The Hall–Kier alpha value is -1.56. The van der Waals surface area contributed by atoms with E-state index in [1.807, 2.05) is 20.8 Å². The van der Waals surface area contributed by atoms with Crippen LogP contribution in [0.25, 0.3) is 6.08 Å². The SMILES string of the molecule is COc1c(C)c(C)c(OC)c(/C=C\[C@](C)(O)[C@H](O)COCC2CCCCC2)c1C. The molecule has 0 aliphatic heterocycles. The zero-order valence-electron chi connectivity index (χ0n) is 18.9. The Kier molecular flexibility index (Phi) is 8.56. The van der Waals surface area contributed by atoms with Crippen molar-refractivity contribution in [2.24, 2.45) is 5.92 Å². The summed E-state index contributed by atoms with van der Waals surface area (Å²) >= 11 is 0. The second-order valence-corrected chi connectivity index (χ2v) is 8.47. The Morgan fingerprint density at radius 1 is 1.00 bits per heavy atom. The molecule has 1 fully saturated rings. The number of ether oxygens (including phenoxy) is 3. The number of hydrogen-bond donors (Lipinski definition) is 2. The molecular weight excluding hydrogens is 368 g/mol. The number of aliphatic hydroxyl groups is 2. The summed E-state index contributed by atoms with van der Waals surface area (Å²) < 4.78 is 16.9. The predicted molar refractivity (Wildman–Crippen MR) is 117 cm³/mol. The quantitative estimate of drug-likeness (QED) is 0.638. The fraction of sp³-hybridized carbons (Fsp3) is 0.667. The van der Waals surface area contributed by atoms with E-state index < -0.39 is 11.7 Å². The van der Waals surface area contributed by atoms with Crippen molar-refractivity contribution in [3.63, 3.8) is 0 Å². The van der Waals surface area contributed by atoms with Crippen LogP contribution in [0.2, 0.25) is 0 Å². The van der Waals surface area contributed by atoms with Gasteiger partial charge in [-0.15, -0.1) is 0 Å². The van der Waals surface area contributed by atoms with Crippen LogP contribution >= 0.6 is 0 Å². The molecule has 1 aliphatic carbocycles. The van der Waals surface area contributed by atoms with Crippen molar-refractivity contribution in [2.45, 2.75) is 71.5 Å². The smallest absolute Gasteiger partial charge is 0.129 e. The summed E-state index contributed by atoms with van der Waals surface area (Å²) in [4.78, 5) is 0. The first kappa shape index (κ1) is 23.7. The molecule has 5 nitrogen and oxygen atoms in total. The minimum atomic E-state index is -1.42. The minimum Gasteiger partial charge on any atom is -0.496 e. The van der Waals surface area contributed by atoms with Gasteiger partial charge in [0.2, 0.25) is 0 Å². The van der Waals surface area contributed by atoms with Crippen molar-refractivity contribution < 1.29 is 24.4 Å². The first-order chi connectivity index (χ1) is 13.7. The molecule has 0 unspecified atom stereocenters. The maximum absolute atomic E-state index is 10.8. The van der Waals surface area contributed by atoms with E-state index in [1.54, 1.807) is 33.3 Å². The molecule has 0 aromatic heterocycles. The molecule has 1 aromatic carbocycles. The van der Waals surface area contributed by atoms with Gasteiger partial charge in [-0.2, -0.15) is 0 Å². The molecule has 0 saturated heterocycles.